The van der Waals surface area contributed by atoms with E-state index in [2.05, 4.69) is 10.6 Å². The SMILES string of the molecule is C[C@@H]1C(=O)N[C@@H](Cc2ccccc2)[C@@H](O)[C@@H](C)C(=O)NC(C2CCC2)C(=O)O[C@@H]1C. The highest BCUT2D eigenvalue weighted by Crippen LogP contribution is 2.31. The molecule has 6 atom stereocenters. The van der Waals surface area contributed by atoms with Gasteiger partial charge >= 0.3 is 5.97 Å². The Labute approximate surface area is 177 Å². The van der Waals surface area contributed by atoms with Crippen LogP contribution in [0.5, 0.6) is 0 Å². The second-order valence-corrected chi connectivity index (χ2v) is 8.69. The van der Waals surface area contributed by atoms with E-state index in [1.54, 1.807) is 20.8 Å². The van der Waals surface area contributed by atoms with Crippen molar-refractivity contribution >= 4 is 17.8 Å². The molecule has 3 N–H and O–H groups in total. The first-order chi connectivity index (χ1) is 14.3. The number of hydrogen-bond acceptors (Lipinski definition) is 5. The maximum absolute atomic E-state index is 12.9. The summed E-state index contributed by atoms with van der Waals surface area (Å²) in [5.74, 6) is -2.60. The Morgan fingerprint density at radius 1 is 0.967 bits per heavy atom. The number of cyclic esters (lactones) is 1. The van der Waals surface area contributed by atoms with Crippen molar-refractivity contribution in [1.29, 1.82) is 0 Å². The third-order valence-electron chi connectivity index (χ3n) is 6.56. The third kappa shape index (κ3) is 5.01. The van der Waals surface area contributed by atoms with Crippen molar-refractivity contribution in [3.8, 4) is 0 Å². The third-order valence-corrected chi connectivity index (χ3v) is 6.56. The van der Waals surface area contributed by atoms with Crippen LogP contribution in [-0.2, 0) is 25.5 Å². The van der Waals surface area contributed by atoms with Crippen molar-refractivity contribution in [3.05, 3.63) is 35.9 Å². The summed E-state index contributed by atoms with van der Waals surface area (Å²) in [6.45, 7) is 5.00. The van der Waals surface area contributed by atoms with E-state index in [1.807, 2.05) is 30.3 Å². The van der Waals surface area contributed by atoms with Crippen molar-refractivity contribution in [2.75, 3.05) is 0 Å². The zero-order valence-electron chi connectivity index (χ0n) is 17.8. The maximum Gasteiger partial charge on any atom is 0.329 e. The van der Waals surface area contributed by atoms with Gasteiger partial charge in [0.15, 0.2) is 0 Å². The van der Waals surface area contributed by atoms with Crippen LogP contribution in [0, 0.1) is 17.8 Å². The predicted molar refractivity (Wildman–Crippen MR) is 111 cm³/mol. The largest absolute Gasteiger partial charge is 0.460 e. The van der Waals surface area contributed by atoms with Crippen LogP contribution < -0.4 is 10.6 Å². The van der Waals surface area contributed by atoms with Crippen molar-refractivity contribution in [2.45, 2.75) is 70.7 Å². The van der Waals surface area contributed by atoms with Gasteiger partial charge in [0.1, 0.15) is 12.1 Å². The van der Waals surface area contributed by atoms with Gasteiger partial charge in [0, 0.05) is 0 Å². The maximum atomic E-state index is 12.9. The summed E-state index contributed by atoms with van der Waals surface area (Å²) >= 11 is 0. The number of carbonyl (C=O) groups excluding carboxylic acids is 3. The fourth-order valence-corrected chi connectivity index (χ4v) is 3.94. The molecule has 7 heteroatoms. The smallest absolute Gasteiger partial charge is 0.329 e. The molecule has 0 aromatic heterocycles. The fourth-order valence-electron chi connectivity index (χ4n) is 3.94. The molecule has 3 rings (SSSR count). The molecule has 1 saturated heterocycles. The number of aliphatic hydroxyl groups excluding tert-OH is 1. The molecule has 2 amide bonds. The summed E-state index contributed by atoms with van der Waals surface area (Å²) < 4.78 is 5.56. The number of aliphatic hydroxyl groups is 1. The van der Waals surface area contributed by atoms with E-state index in [0.29, 0.717) is 6.42 Å². The van der Waals surface area contributed by atoms with Crippen molar-refractivity contribution in [2.24, 2.45) is 17.8 Å². The molecule has 0 bridgehead atoms. The average Bonchev–Trinajstić information content (AvgIpc) is 2.69. The van der Waals surface area contributed by atoms with Crippen molar-refractivity contribution < 1.29 is 24.2 Å². The molecule has 1 aromatic carbocycles. The Bertz CT molecular complexity index is 764. The van der Waals surface area contributed by atoms with Crippen LogP contribution in [0.25, 0.3) is 0 Å². The average molecular weight is 417 g/mol. The molecular formula is C23H32N2O5. The number of nitrogens with one attached hydrogen (secondary N) is 2. The lowest BCUT2D eigenvalue weighted by atomic mass is 9.79. The number of carbonyl (C=O) groups is 3. The first kappa shape index (κ1) is 22.3. The lowest BCUT2D eigenvalue weighted by Gasteiger charge is -2.36. The van der Waals surface area contributed by atoms with Crippen LogP contribution >= 0.6 is 0 Å². The van der Waals surface area contributed by atoms with Gasteiger partial charge in [0.25, 0.3) is 0 Å². The van der Waals surface area contributed by atoms with Crippen molar-refractivity contribution in [3.63, 3.8) is 0 Å². The number of amides is 2. The molecule has 1 heterocycles. The van der Waals surface area contributed by atoms with Gasteiger partial charge in [-0.15, -0.1) is 0 Å². The van der Waals surface area contributed by atoms with E-state index in [0.717, 1.165) is 24.8 Å². The Morgan fingerprint density at radius 2 is 1.60 bits per heavy atom. The molecule has 30 heavy (non-hydrogen) atoms. The van der Waals surface area contributed by atoms with Gasteiger partial charge in [-0.05, 0) is 37.7 Å². The summed E-state index contributed by atoms with van der Waals surface area (Å²) in [4.78, 5) is 38.5. The molecule has 7 nitrogen and oxygen atoms in total. The lowest BCUT2D eigenvalue weighted by molar-refractivity contribution is -0.160. The zero-order chi connectivity index (χ0) is 21.8. The van der Waals surface area contributed by atoms with Crippen molar-refractivity contribution in [1.82, 2.24) is 10.6 Å². The topological polar surface area (TPSA) is 105 Å². The molecule has 1 aromatic rings. The summed E-state index contributed by atoms with van der Waals surface area (Å²) in [6, 6.07) is 8.12. The second-order valence-electron chi connectivity index (χ2n) is 8.69. The Balaban J connectivity index is 1.87. The van der Waals surface area contributed by atoms with Gasteiger partial charge in [-0.3, -0.25) is 9.59 Å². The molecule has 2 aliphatic rings. The van der Waals surface area contributed by atoms with E-state index in [4.69, 9.17) is 4.74 Å². The summed E-state index contributed by atoms with van der Waals surface area (Å²) in [5.41, 5.74) is 0.945. The minimum atomic E-state index is -1.10. The van der Waals surface area contributed by atoms with E-state index in [-0.39, 0.29) is 11.8 Å². The monoisotopic (exact) mass is 416 g/mol. The first-order valence-electron chi connectivity index (χ1n) is 10.8. The van der Waals surface area contributed by atoms with Crippen LogP contribution in [0.2, 0.25) is 0 Å². The number of esters is 1. The first-order valence-corrected chi connectivity index (χ1v) is 10.8. The fraction of sp³-hybridized carbons (Fsp3) is 0.609. The molecule has 1 aliphatic carbocycles. The Kier molecular flexibility index (Phi) is 7.13. The minimum absolute atomic E-state index is 0.0326. The number of hydrogen-bond donors (Lipinski definition) is 3. The van der Waals surface area contributed by atoms with E-state index in [1.165, 1.54) is 0 Å². The molecule has 0 spiro atoms. The number of rotatable bonds is 3. The molecule has 2 fully saturated rings. The number of ether oxygens (including phenoxy) is 1. The van der Waals surface area contributed by atoms with Gasteiger partial charge in [0.05, 0.1) is 24.0 Å². The van der Waals surface area contributed by atoms with E-state index in [9.17, 15) is 19.5 Å². The van der Waals surface area contributed by atoms with Gasteiger partial charge in [-0.1, -0.05) is 50.6 Å². The van der Waals surface area contributed by atoms with Crippen LogP contribution in [0.15, 0.2) is 30.3 Å². The summed E-state index contributed by atoms with van der Waals surface area (Å²) in [6.07, 6.45) is 1.34. The van der Waals surface area contributed by atoms with E-state index >= 15 is 0 Å². The highest BCUT2D eigenvalue weighted by Gasteiger charge is 2.40. The second kappa shape index (κ2) is 9.60. The summed E-state index contributed by atoms with van der Waals surface area (Å²) in [5, 5.41) is 16.7. The quantitative estimate of drug-likeness (QED) is 0.649. The van der Waals surface area contributed by atoms with Gasteiger partial charge in [0.2, 0.25) is 11.8 Å². The van der Waals surface area contributed by atoms with Crippen LogP contribution in [-0.4, -0.2) is 47.2 Å². The zero-order valence-corrected chi connectivity index (χ0v) is 17.8. The summed E-state index contributed by atoms with van der Waals surface area (Å²) in [7, 11) is 0. The van der Waals surface area contributed by atoms with E-state index < -0.39 is 48.0 Å². The Morgan fingerprint density at radius 3 is 2.20 bits per heavy atom. The highest BCUT2D eigenvalue weighted by molar-refractivity contribution is 5.87. The molecule has 164 valence electrons. The predicted octanol–water partition coefficient (Wildman–Crippen LogP) is 1.58. The molecular weight excluding hydrogens is 384 g/mol. The number of benzene rings is 1. The molecule has 1 unspecified atom stereocenters. The van der Waals surface area contributed by atoms with Crippen LogP contribution in [0.1, 0.15) is 45.6 Å². The van der Waals surface area contributed by atoms with Gasteiger partial charge in [-0.25, -0.2) is 4.79 Å². The molecule has 1 aliphatic heterocycles. The standard InChI is InChI=1S/C23H32N2O5/c1-13-15(3)30-23(29)19(17-10-7-11-17)25-22(28)14(2)20(26)18(24-21(13)27)12-16-8-5-4-6-9-16/h4-6,8-9,13-15,17-20,26H,7,10-12H2,1-3H3,(H,24,27)(H,25,28)/t13-,14+,15+,18-,19?,20-/m0/s1. The normalized spacial score (nSPS) is 33.9. The van der Waals surface area contributed by atoms with Gasteiger partial charge in [-0.2, -0.15) is 0 Å². The van der Waals surface area contributed by atoms with Crippen LogP contribution in [0.4, 0.5) is 0 Å². The molecule has 0 radical (unpaired) electrons. The minimum Gasteiger partial charge on any atom is -0.460 e. The Hall–Kier alpha value is -2.41. The highest BCUT2D eigenvalue weighted by atomic mass is 16.5. The molecule has 1 saturated carbocycles. The lowest BCUT2D eigenvalue weighted by Crippen LogP contribution is -2.57. The van der Waals surface area contributed by atoms with Crippen LogP contribution in [0.3, 0.4) is 0 Å². The van der Waals surface area contributed by atoms with Gasteiger partial charge < -0.3 is 20.5 Å².